The number of anilines is 2. The molecule has 4 nitrogen and oxygen atoms in total. The highest BCUT2D eigenvalue weighted by atomic mass is 35.5. The molecular weight excluding hydrogens is 447 g/mol. The molecule has 5 aromatic rings. The summed E-state index contributed by atoms with van der Waals surface area (Å²) < 4.78 is 4.33. The number of rotatable bonds is 3. The Balaban J connectivity index is 1.58. The molecule has 5 rings (SSSR count). The third-order valence-corrected chi connectivity index (χ3v) is 8.33. The van der Waals surface area contributed by atoms with Crippen LogP contribution in [0.1, 0.15) is 0 Å². The first kappa shape index (κ1) is 17.0. The highest BCUT2D eigenvalue weighted by Crippen LogP contribution is 2.40. The van der Waals surface area contributed by atoms with Gasteiger partial charge in [-0.05, 0) is 30.5 Å². The fourth-order valence-electron chi connectivity index (χ4n) is 2.60. The molecule has 0 atom stereocenters. The first-order valence-corrected chi connectivity index (χ1v) is 11.8. The molecular formula is C16H8Cl2N4S4. The predicted octanol–water partition coefficient (Wildman–Crippen LogP) is 7.29. The highest BCUT2D eigenvalue weighted by molar-refractivity contribution is 8.00. The Bertz CT molecular complexity index is 1290. The van der Waals surface area contributed by atoms with Crippen molar-refractivity contribution in [2.24, 2.45) is 0 Å². The molecule has 0 bridgehead atoms. The highest BCUT2D eigenvalue weighted by Gasteiger charge is 2.14. The molecule has 0 radical (unpaired) electrons. The number of thiazole rings is 3. The van der Waals surface area contributed by atoms with E-state index in [4.69, 9.17) is 28.2 Å². The van der Waals surface area contributed by atoms with E-state index in [1.807, 2.05) is 24.5 Å². The molecule has 0 saturated heterocycles. The van der Waals surface area contributed by atoms with Gasteiger partial charge in [-0.2, -0.15) is 0 Å². The Kier molecular flexibility index (Phi) is 4.22. The first-order chi connectivity index (χ1) is 12.6. The first-order valence-electron chi connectivity index (χ1n) is 7.37. The molecule has 3 heterocycles. The average molecular weight is 455 g/mol. The molecule has 130 valence electrons. The van der Waals surface area contributed by atoms with Crippen molar-refractivity contribution in [3.05, 3.63) is 34.3 Å². The summed E-state index contributed by atoms with van der Waals surface area (Å²) in [5.74, 6) is 0. The van der Waals surface area contributed by atoms with Gasteiger partial charge in [-0.25, -0.2) is 15.0 Å². The number of nitrogens with zero attached hydrogens (tertiary/aromatic N) is 3. The molecule has 3 aromatic heterocycles. The summed E-state index contributed by atoms with van der Waals surface area (Å²) in [6.45, 7) is 0. The van der Waals surface area contributed by atoms with E-state index in [9.17, 15) is 0 Å². The molecule has 0 unspecified atom stereocenters. The van der Waals surface area contributed by atoms with E-state index in [0.717, 1.165) is 40.6 Å². The summed E-state index contributed by atoms with van der Waals surface area (Å²) >= 11 is 18.8. The van der Waals surface area contributed by atoms with E-state index in [-0.39, 0.29) is 0 Å². The van der Waals surface area contributed by atoms with Crippen molar-refractivity contribution >= 4 is 110 Å². The van der Waals surface area contributed by atoms with E-state index in [1.165, 1.54) is 16.0 Å². The predicted molar refractivity (Wildman–Crippen MR) is 118 cm³/mol. The van der Waals surface area contributed by atoms with Gasteiger partial charge in [0.25, 0.3) is 0 Å². The van der Waals surface area contributed by atoms with Crippen LogP contribution in [0.25, 0.3) is 30.6 Å². The second kappa shape index (κ2) is 6.47. The van der Waals surface area contributed by atoms with Crippen molar-refractivity contribution in [2.45, 2.75) is 4.34 Å². The van der Waals surface area contributed by atoms with Crippen LogP contribution in [-0.2, 0) is 0 Å². The van der Waals surface area contributed by atoms with Crippen molar-refractivity contribution in [3.63, 3.8) is 0 Å². The van der Waals surface area contributed by atoms with Crippen LogP contribution in [0.15, 0.2) is 28.6 Å². The number of thioether (sulfide) groups is 1. The van der Waals surface area contributed by atoms with Gasteiger partial charge in [0.2, 0.25) is 0 Å². The molecule has 0 aliphatic carbocycles. The number of nitrogens with one attached hydrogen (secondary N) is 1. The average Bonchev–Trinajstić information content (AvgIpc) is 3.29. The lowest BCUT2D eigenvalue weighted by molar-refractivity contribution is 1.31. The SMILES string of the molecule is CSc1nc2ccc3nc(Nc4nc5c(Cl)cc(Cl)cc5s4)sc3c2s1. The van der Waals surface area contributed by atoms with E-state index in [1.54, 1.807) is 40.5 Å². The molecule has 0 aliphatic rings. The molecule has 0 aliphatic heterocycles. The normalized spacial score (nSPS) is 11.8. The van der Waals surface area contributed by atoms with Crippen LogP contribution in [-0.4, -0.2) is 21.2 Å². The van der Waals surface area contributed by atoms with E-state index >= 15 is 0 Å². The topological polar surface area (TPSA) is 50.7 Å². The number of hydrogen-bond donors (Lipinski definition) is 1. The maximum Gasteiger partial charge on any atom is 0.190 e. The number of fused-ring (bicyclic) bond motifs is 4. The van der Waals surface area contributed by atoms with Gasteiger partial charge in [-0.15, -0.1) is 11.3 Å². The largest absolute Gasteiger partial charge is 0.307 e. The second-order valence-electron chi connectivity index (χ2n) is 5.34. The van der Waals surface area contributed by atoms with Gasteiger partial charge in [0.1, 0.15) is 5.52 Å². The van der Waals surface area contributed by atoms with Crippen molar-refractivity contribution in [1.29, 1.82) is 0 Å². The lowest BCUT2D eigenvalue weighted by Gasteiger charge is -1.94. The summed E-state index contributed by atoms with van der Waals surface area (Å²) in [5.41, 5.74) is 2.73. The Hall–Kier alpha value is -1.16. The molecule has 1 N–H and O–H groups in total. The molecule has 2 aromatic carbocycles. The minimum Gasteiger partial charge on any atom is -0.307 e. The third-order valence-electron chi connectivity index (χ3n) is 3.69. The Labute approximate surface area is 174 Å². The second-order valence-corrected chi connectivity index (χ2v) is 10.3. The maximum absolute atomic E-state index is 6.24. The summed E-state index contributed by atoms with van der Waals surface area (Å²) in [7, 11) is 0. The van der Waals surface area contributed by atoms with E-state index in [0.29, 0.717) is 10.0 Å². The van der Waals surface area contributed by atoms with Crippen molar-refractivity contribution in [1.82, 2.24) is 15.0 Å². The molecule has 0 spiro atoms. The zero-order chi connectivity index (χ0) is 17.8. The van der Waals surface area contributed by atoms with Crippen LogP contribution in [0, 0.1) is 0 Å². The van der Waals surface area contributed by atoms with Crippen LogP contribution >= 0.6 is 69.0 Å². The Morgan fingerprint density at radius 2 is 1.65 bits per heavy atom. The van der Waals surface area contributed by atoms with Crippen LogP contribution in [0.3, 0.4) is 0 Å². The van der Waals surface area contributed by atoms with Gasteiger partial charge in [0, 0.05) is 5.02 Å². The third kappa shape index (κ3) is 2.85. The zero-order valence-electron chi connectivity index (χ0n) is 13.0. The Morgan fingerprint density at radius 3 is 2.46 bits per heavy atom. The minimum atomic E-state index is 0.553. The number of hydrogen-bond acceptors (Lipinski definition) is 8. The number of aromatic nitrogens is 3. The van der Waals surface area contributed by atoms with Gasteiger partial charge < -0.3 is 5.32 Å². The molecule has 0 saturated carbocycles. The van der Waals surface area contributed by atoms with Crippen LogP contribution in [0.5, 0.6) is 0 Å². The molecule has 0 fully saturated rings. The standard InChI is InChI=1S/C16H8Cl2N4S4/c1-23-16-20-9-3-2-8-12(13(9)26-16)25-14(19-8)22-15-21-11-7(18)4-6(17)5-10(11)24-15/h2-5H,1H3,(H,19,21,22). The van der Waals surface area contributed by atoms with E-state index in [2.05, 4.69) is 15.3 Å². The maximum atomic E-state index is 6.24. The Morgan fingerprint density at radius 1 is 0.923 bits per heavy atom. The number of benzene rings is 2. The zero-order valence-corrected chi connectivity index (χ0v) is 17.8. The van der Waals surface area contributed by atoms with Crippen LogP contribution in [0.4, 0.5) is 10.3 Å². The summed E-state index contributed by atoms with van der Waals surface area (Å²) in [6, 6.07) is 7.61. The number of halogens is 2. The minimum absolute atomic E-state index is 0.553. The lowest BCUT2D eigenvalue weighted by atomic mass is 10.3. The van der Waals surface area contributed by atoms with Gasteiger partial charge >= 0.3 is 0 Å². The van der Waals surface area contributed by atoms with Crippen LogP contribution in [0.2, 0.25) is 10.0 Å². The quantitative estimate of drug-likeness (QED) is 0.290. The summed E-state index contributed by atoms with van der Waals surface area (Å²) in [6.07, 6.45) is 2.04. The fourth-order valence-corrected chi connectivity index (χ4v) is 6.91. The molecule has 0 amide bonds. The van der Waals surface area contributed by atoms with Gasteiger partial charge in [0.05, 0.1) is 30.2 Å². The van der Waals surface area contributed by atoms with Gasteiger partial charge in [-0.3, -0.25) is 0 Å². The van der Waals surface area contributed by atoms with Gasteiger partial charge in [0.15, 0.2) is 14.6 Å². The molecule has 26 heavy (non-hydrogen) atoms. The van der Waals surface area contributed by atoms with E-state index < -0.39 is 0 Å². The molecule has 10 heteroatoms. The fraction of sp³-hybridized carbons (Fsp3) is 0.0625. The smallest absolute Gasteiger partial charge is 0.190 e. The summed E-state index contributed by atoms with van der Waals surface area (Å²) in [4.78, 5) is 13.9. The van der Waals surface area contributed by atoms with Gasteiger partial charge in [-0.1, -0.05) is 57.6 Å². The van der Waals surface area contributed by atoms with Crippen LogP contribution < -0.4 is 5.32 Å². The van der Waals surface area contributed by atoms with Crippen molar-refractivity contribution < 1.29 is 0 Å². The monoisotopic (exact) mass is 454 g/mol. The summed E-state index contributed by atoms with van der Waals surface area (Å²) in [5, 5.41) is 6.01. The lowest BCUT2D eigenvalue weighted by Crippen LogP contribution is -1.87. The van der Waals surface area contributed by atoms with Crippen molar-refractivity contribution in [2.75, 3.05) is 11.6 Å². The van der Waals surface area contributed by atoms with Crippen molar-refractivity contribution in [3.8, 4) is 0 Å².